The van der Waals surface area contributed by atoms with Gasteiger partial charge in [-0.1, -0.05) is 118 Å². The zero-order chi connectivity index (χ0) is 29.4. The molecule has 0 N–H and O–H groups in total. The molecule has 0 amide bonds. The SMILES string of the molecule is CCCCc1cc2c(-c3ccccc3C(C)C)c(C(C)C)ccc2[cH-]1.[Cl][Zr+2][Cl].[c-]1cccc2c1[Si]c1ccccc1-2. The predicted molar refractivity (Wildman–Crippen MR) is 179 cm³/mol. The summed E-state index contributed by atoms with van der Waals surface area (Å²) < 4.78 is 0. The third kappa shape index (κ3) is 7.77. The second-order valence-electron chi connectivity index (χ2n) is 11.1. The number of halogens is 2. The summed E-state index contributed by atoms with van der Waals surface area (Å²) in [5.74, 6) is 1.05. The molecule has 0 aliphatic carbocycles. The van der Waals surface area contributed by atoms with Crippen molar-refractivity contribution < 1.29 is 20.8 Å². The van der Waals surface area contributed by atoms with Crippen molar-refractivity contribution in [2.75, 3.05) is 0 Å². The van der Waals surface area contributed by atoms with Gasteiger partial charge in [0.1, 0.15) is 0 Å². The molecule has 1 aliphatic rings. The first kappa shape index (κ1) is 32.1. The van der Waals surface area contributed by atoms with Crippen LogP contribution in [0, 0.1) is 6.07 Å². The van der Waals surface area contributed by atoms with Crippen molar-refractivity contribution in [3.63, 3.8) is 0 Å². The van der Waals surface area contributed by atoms with Crippen LogP contribution in [0.2, 0.25) is 0 Å². The number of fused-ring (bicyclic) bond motifs is 4. The molecule has 1 aliphatic heterocycles. The Morgan fingerprint density at radius 3 is 2.17 bits per heavy atom. The Morgan fingerprint density at radius 1 is 0.805 bits per heavy atom. The number of unbranched alkanes of at least 4 members (excludes halogenated alkanes) is 1. The van der Waals surface area contributed by atoms with E-state index in [0.29, 0.717) is 11.8 Å². The molecular weight excluding hydrogens is 635 g/mol. The summed E-state index contributed by atoms with van der Waals surface area (Å²) in [4.78, 5) is 0. The van der Waals surface area contributed by atoms with E-state index in [1.807, 2.05) is 6.07 Å². The number of aryl methyl sites for hydroxylation is 1. The minimum atomic E-state index is -0.826. The van der Waals surface area contributed by atoms with Gasteiger partial charge >= 0.3 is 37.9 Å². The van der Waals surface area contributed by atoms with Crippen molar-refractivity contribution in [3.8, 4) is 22.3 Å². The van der Waals surface area contributed by atoms with Crippen LogP contribution < -0.4 is 10.4 Å². The van der Waals surface area contributed by atoms with Crippen molar-refractivity contribution in [2.45, 2.75) is 65.7 Å². The molecule has 0 unspecified atom stereocenters. The monoisotopic (exact) mass is 670 g/mol. The molecule has 2 radical (unpaired) electrons. The van der Waals surface area contributed by atoms with E-state index in [2.05, 4.69) is 126 Å². The van der Waals surface area contributed by atoms with Crippen molar-refractivity contribution in [2.24, 2.45) is 0 Å². The van der Waals surface area contributed by atoms with Crippen LogP contribution in [-0.2, 0) is 27.3 Å². The minimum absolute atomic E-state index is 0.522. The Balaban J connectivity index is 0.000000200. The third-order valence-electron chi connectivity index (χ3n) is 7.61. The van der Waals surface area contributed by atoms with E-state index in [1.54, 1.807) is 0 Å². The van der Waals surface area contributed by atoms with Crippen LogP contribution in [0.25, 0.3) is 33.0 Å². The largest absolute Gasteiger partial charge is 0.184 e. The summed E-state index contributed by atoms with van der Waals surface area (Å²) >= 11 is -0.826. The Labute approximate surface area is 268 Å². The van der Waals surface area contributed by atoms with E-state index < -0.39 is 20.8 Å². The molecule has 1 heterocycles. The van der Waals surface area contributed by atoms with Gasteiger partial charge in [0.2, 0.25) is 0 Å². The van der Waals surface area contributed by atoms with E-state index >= 15 is 0 Å². The molecular formula is C37H38Cl2SiZr. The number of hydrogen-bond acceptors (Lipinski definition) is 0. The van der Waals surface area contributed by atoms with Gasteiger partial charge in [-0.15, -0.1) is 40.1 Å². The van der Waals surface area contributed by atoms with Crippen molar-refractivity contribution in [3.05, 3.63) is 114 Å². The first-order chi connectivity index (χ1) is 19.9. The van der Waals surface area contributed by atoms with Crippen LogP contribution >= 0.6 is 17.0 Å². The summed E-state index contributed by atoms with van der Waals surface area (Å²) in [5, 5.41) is 5.65. The van der Waals surface area contributed by atoms with Crippen molar-refractivity contribution in [1.29, 1.82) is 0 Å². The van der Waals surface area contributed by atoms with Gasteiger partial charge in [0.15, 0.2) is 0 Å². The van der Waals surface area contributed by atoms with Gasteiger partial charge in [-0.05, 0) is 29.4 Å². The maximum absolute atomic E-state index is 4.93. The molecule has 208 valence electrons. The zero-order valence-electron chi connectivity index (χ0n) is 24.7. The average Bonchev–Trinajstić information content (AvgIpc) is 3.57. The van der Waals surface area contributed by atoms with Crippen LogP contribution in [0.5, 0.6) is 0 Å². The molecule has 5 aromatic carbocycles. The predicted octanol–water partition coefficient (Wildman–Crippen LogP) is 10.3. The Kier molecular flexibility index (Phi) is 12.2. The molecule has 0 nitrogen and oxygen atoms in total. The standard InChI is InChI=1S/C25H31.C12H7Si.2ClH.Zr/c1-6-7-10-19-15-20-13-14-22(18(4)5)25(24(20)16-19)23-12-9-8-11-21(23)17(2)3;1-3-7-11-9(5-1)10-6-2-4-8-12(10)13-11;;;/h8-9,11-18H,6-7,10H2,1-5H3;1-7H;2*1H;/q2*-1;;;+4/p-2. The molecule has 6 rings (SSSR count). The fraction of sp³-hybridized carbons (Fsp3) is 0.270. The fourth-order valence-corrected chi connectivity index (χ4v) is 6.93. The van der Waals surface area contributed by atoms with E-state index in [4.69, 9.17) is 17.0 Å². The summed E-state index contributed by atoms with van der Waals surface area (Å²) in [6, 6.07) is 36.7. The van der Waals surface area contributed by atoms with Gasteiger partial charge in [-0.2, -0.15) is 35.5 Å². The molecule has 41 heavy (non-hydrogen) atoms. The molecule has 5 aromatic rings. The van der Waals surface area contributed by atoms with Gasteiger partial charge in [0.05, 0.1) is 9.52 Å². The summed E-state index contributed by atoms with van der Waals surface area (Å²) in [5.41, 5.74) is 10.0. The molecule has 0 fully saturated rings. The minimum Gasteiger partial charge on any atom is -0.184 e. The van der Waals surface area contributed by atoms with E-state index in [0.717, 1.165) is 9.52 Å². The van der Waals surface area contributed by atoms with Crippen molar-refractivity contribution >= 4 is 47.7 Å². The van der Waals surface area contributed by atoms with Crippen LogP contribution in [0.1, 0.15) is 76.0 Å². The summed E-state index contributed by atoms with van der Waals surface area (Å²) in [6.07, 6.45) is 3.71. The molecule has 0 spiro atoms. The van der Waals surface area contributed by atoms with Crippen molar-refractivity contribution in [1.82, 2.24) is 0 Å². The summed E-state index contributed by atoms with van der Waals surface area (Å²) in [6.45, 7) is 11.5. The third-order valence-corrected chi connectivity index (χ3v) is 8.98. The second kappa shape index (κ2) is 15.6. The summed E-state index contributed by atoms with van der Waals surface area (Å²) in [7, 11) is 10.7. The van der Waals surface area contributed by atoms with Gasteiger partial charge in [-0.25, -0.2) is 0 Å². The van der Waals surface area contributed by atoms with Crippen LogP contribution in [0.4, 0.5) is 0 Å². The first-order valence-corrected chi connectivity index (χ1v) is 21.9. The van der Waals surface area contributed by atoms with Gasteiger partial charge in [0, 0.05) is 0 Å². The van der Waals surface area contributed by atoms with E-state index in [-0.39, 0.29) is 0 Å². The van der Waals surface area contributed by atoms with E-state index in [1.165, 1.54) is 79.4 Å². The fourth-order valence-electron chi connectivity index (χ4n) is 5.62. The molecule has 0 bridgehead atoms. The Hall–Kier alpha value is -1.83. The molecule has 4 heteroatoms. The second-order valence-corrected chi connectivity index (χ2v) is 16.1. The van der Waals surface area contributed by atoms with Crippen LogP contribution in [-0.4, -0.2) is 9.52 Å². The quantitative estimate of drug-likeness (QED) is 0.122. The molecule has 0 aromatic heterocycles. The maximum Gasteiger partial charge on any atom is 0.0920 e. The van der Waals surface area contributed by atoms with Gasteiger partial charge in [-0.3, -0.25) is 0 Å². The smallest absolute Gasteiger partial charge is 0.0920 e. The van der Waals surface area contributed by atoms with Gasteiger partial charge in [0.25, 0.3) is 0 Å². The number of rotatable bonds is 6. The first-order valence-electron chi connectivity index (χ1n) is 14.5. The molecule has 0 saturated heterocycles. The van der Waals surface area contributed by atoms with Gasteiger partial charge < -0.3 is 0 Å². The van der Waals surface area contributed by atoms with Crippen LogP contribution in [0.15, 0.2) is 91.0 Å². The maximum atomic E-state index is 4.93. The molecule has 0 saturated carbocycles. The van der Waals surface area contributed by atoms with Crippen LogP contribution in [0.3, 0.4) is 0 Å². The Morgan fingerprint density at radius 2 is 1.46 bits per heavy atom. The zero-order valence-corrected chi connectivity index (χ0v) is 29.7. The number of benzene rings is 4. The normalized spacial score (nSPS) is 11.3. The number of hydrogen-bond donors (Lipinski definition) is 0. The topological polar surface area (TPSA) is 0 Å². The molecule has 0 atom stereocenters. The average molecular weight is 673 g/mol. The van der Waals surface area contributed by atoms with E-state index in [9.17, 15) is 0 Å². The Bertz CT molecular complexity index is 1520.